The number of benzene rings is 2. The minimum atomic E-state index is -0.664. The Bertz CT molecular complexity index is 425. The summed E-state index contributed by atoms with van der Waals surface area (Å²) < 4.78 is 13.6. The van der Waals surface area contributed by atoms with Crippen molar-refractivity contribution in [1.82, 2.24) is 0 Å². The maximum absolute atomic E-state index is 13.6. The molecule has 2 heteroatoms. The molecule has 0 nitrogen and oxygen atoms in total. The second-order valence-corrected chi connectivity index (χ2v) is 5.29. The highest BCUT2D eigenvalue weighted by atomic mass is 32.2. The maximum Gasteiger partial charge on any atom is 0.306 e. The van der Waals surface area contributed by atoms with Gasteiger partial charge < -0.3 is 0 Å². The molecule has 0 saturated carbocycles. The van der Waals surface area contributed by atoms with Crippen molar-refractivity contribution in [2.24, 2.45) is 0 Å². The van der Waals surface area contributed by atoms with Crippen molar-refractivity contribution in [3.05, 3.63) is 72.4 Å². The van der Waals surface area contributed by atoms with Gasteiger partial charge in [0.05, 0.1) is 0 Å². The predicted molar refractivity (Wildman–Crippen MR) is 67.0 cm³/mol. The van der Waals surface area contributed by atoms with Crippen LogP contribution in [0.25, 0.3) is 0 Å². The van der Waals surface area contributed by atoms with Crippen molar-refractivity contribution in [2.75, 3.05) is 0 Å². The van der Waals surface area contributed by atoms with Gasteiger partial charge in [-0.15, -0.1) is 0 Å². The standard InChI is InChI=1S/C14H12FS/c1-12(15)16(13-8-4-2-5-9-13)14-10-6-3-7-11-14/h2-11H,1H2/q+1. The van der Waals surface area contributed by atoms with Gasteiger partial charge in [0.1, 0.15) is 10.9 Å². The van der Waals surface area contributed by atoms with Gasteiger partial charge in [0.2, 0.25) is 0 Å². The van der Waals surface area contributed by atoms with Crippen LogP contribution in [-0.2, 0) is 10.9 Å². The van der Waals surface area contributed by atoms with Crippen molar-refractivity contribution < 1.29 is 4.39 Å². The van der Waals surface area contributed by atoms with Crippen LogP contribution in [0.3, 0.4) is 0 Å². The van der Waals surface area contributed by atoms with E-state index in [9.17, 15) is 4.39 Å². The van der Waals surface area contributed by atoms with Crippen molar-refractivity contribution >= 4 is 10.9 Å². The molecule has 0 N–H and O–H groups in total. The van der Waals surface area contributed by atoms with Gasteiger partial charge in [-0.05, 0) is 30.8 Å². The van der Waals surface area contributed by atoms with E-state index in [0.717, 1.165) is 9.79 Å². The van der Waals surface area contributed by atoms with E-state index in [4.69, 9.17) is 0 Å². The summed E-state index contributed by atoms with van der Waals surface area (Å²) in [6.07, 6.45) is 0. The van der Waals surface area contributed by atoms with Crippen LogP contribution in [-0.4, -0.2) is 0 Å². The monoisotopic (exact) mass is 231 g/mol. The molecule has 0 unspecified atom stereocenters. The lowest BCUT2D eigenvalue weighted by atomic mass is 10.4. The molecule has 0 radical (unpaired) electrons. The third kappa shape index (κ3) is 2.34. The Labute approximate surface area is 97.8 Å². The topological polar surface area (TPSA) is 0 Å². The molecular formula is C14H12FS+. The van der Waals surface area contributed by atoms with Crippen LogP contribution in [0.15, 0.2) is 82.2 Å². The molecule has 0 saturated heterocycles. The molecule has 0 fully saturated rings. The van der Waals surface area contributed by atoms with E-state index in [0.29, 0.717) is 0 Å². The lowest BCUT2D eigenvalue weighted by molar-refractivity contribution is 0.699. The van der Waals surface area contributed by atoms with E-state index in [-0.39, 0.29) is 5.16 Å². The molecule has 80 valence electrons. The molecule has 2 aromatic rings. The summed E-state index contributed by atoms with van der Waals surface area (Å²) in [4.78, 5) is 1.92. The Kier molecular flexibility index (Phi) is 3.42. The first-order chi connectivity index (χ1) is 7.79. The second-order valence-electron chi connectivity index (χ2n) is 3.29. The first kappa shape index (κ1) is 11.0. The van der Waals surface area contributed by atoms with Crippen molar-refractivity contribution in [1.29, 1.82) is 0 Å². The van der Waals surface area contributed by atoms with E-state index < -0.39 is 10.9 Å². The van der Waals surface area contributed by atoms with Crippen LogP contribution in [0.5, 0.6) is 0 Å². The average molecular weight is 231 g/mol. The highest BCUT2D eigenvalue weighted by molar-refractivity contribution is 8.00. The second kappa shape index (κ2) is 4.99. The first-order valence-electron chi connectivity index (χ1n) is 4.98. The number of hydrogen-bond donors (Lipinski definition) is 0. The summed E-state index contributed by atoms with van der Waals surface area (Å²) in [6.45, 7) is 3.45. The molecule has 0 aliphatic carbocycles. The van der Waals surface area contributed by atoms with Gasteiger partial charge >= 0.3 is 5.16 Å². The molecule has 0 atom stereocenters. The summed E-state index contributed by atoms with van der Waals surface area (Å²) >= 11 is 0. The zero-order chi connectivity index (χ0) is 11.4. The highest BCUT2D eigenvalue weighted by Crippen LogP contribution is 2.29. The van der Waals surface area contributed by atoms with Crippen LogP contribution in [0.1, 0.15) is 0 Å². The van der Waals surface area contributed by atoms with Gasteiger partial charge in [-0.3, -0.25) is 0 Å². The Hall–Kier alpha value is -1.54. The van der Waals surface area contributed by atoms with Crippen LogP contribution in [0, 0.1) is 0 Å². The Morgan fingerprint density at radius 1 is 0.812 bits per heavy atom. The fourth-order valence-electron chi connectivity index (χ4n) is 1.50. The largest absolute Gasteiger partial charge is 0.306 e. The van der Waals surface area contributed by atoms with Crippen LogP contribution in [0.2, 0.25) is 0 Å². The molecular weight excluding hydrogens is 219 g/mol. The van der Waals surface area contributed by atoms with Gasteiger partial charge in [-0.1, -0.05) is 36.4 Å². The number of halogens is 1. The van der Waals surface area contributed by atoms with E-state index in [1.165, 1.54) is 0 Å². The third-order valence-corrected chi connectivity index (χ3v) is 4.11. The van der Waals surface area contributed by atoms with E-state index in [1.807, 2.05) is 60.7 Å². The SMILES string of the molecule is C=C(F)[S+](c1ccccc1)c1ccccc1. The van der Waals surface area contributed by atoms with E-state index in [1.54, 1.807) is 0 Å². The van der Waals surface area contributed by atoms with E-state index >= 15 is 0 Å². The van der Waals surface area contributed by atoms with Gasteiger partial charge in [0.25, 0.3) is 0 Å². The van der Waals surface area contributed by atoms with Crippen LogP contribution >= 0.6 is 0 Å². The fourth-order valence-corrected chi connectivity index (χ4v) is 3.15. The minimum Gasteiger partial charge on any atom is -0.152 e. The number of rotatable bonds is 3. The molecule has 0 amide bonds. The summed E-state index contributed by atoms with van der Waals surface area (Å²) in [5.74, 6) is 0. The molecule has 0 aliphatic heterocycles. The summed E-state index contributed by atoms with van der Waals surface area (Å²) in [6, 6.07) is 19.3. The smallest absolute Gasteiger partial charge is 0.152 e. The molecule has 0 aliphatic rings. The van der Waals surface area contributed by atoms with Gasteiger partial charge in [0.15, 0.2) is 9.79 Å². The summed E-state index contributed by atoms with van der Waals surface area (Å²) in [5, 5.41) is -0.294. The molecule has 2 aromatic carbocycles. The Morgan fingerprint density at radius 3 is 1.50 bits per heavy atom. The first-order valence-corrected chi connectivity index (χ1v) is 6.20. The molecule has 2 rings (SSSR count). The van der Waals surface area contributed by atoms with Crippen molar-refractivity contribution in [2.45, 2.75) is 9.79 Å². The van der Waals surface area contributed by atoms with Crippen molar-refractivity contribution in [3.8, 4) is 0 Å². The Balaban J connectivity index is 2.44. The van der Waals surface area contributed by atoms with Gasteiger partial charge in [0, 0.05) is 0 Å². The molecule has 0 spiro atoms. The summed E-state index contributed by atoms with van der Waals surface area (Å²) in [5.41, 5.74) is 0. The molecule has 0 heterocycles. The van der Waals surface area contributed by atoms with Gasteiger partial charge in [-0.2, -0.15) is 4.39 Å². The predicted octanol–water partition coefficient (Wildman–Crippen LogP) is 4.16. The van der Waals surface area contributed by atoms with Crippen LogP contribution < -0.4 is 0 Å². The normalized spacial score (nSPS) is 10.4. The summed E-state index contributed by atoms with van der Waals surface area (Å²) in [7, 11) is -0.664. The number of hydrogen-bond acceptors (Lipinski definition) is 0. The zero-order valence-corrected chi connectivity index (χ0v) is 9.58. The van der Waals surface area contributed by atoms with Gasteiger partial charge in [-0.25, -0.2) is 0 Å². The highest BCUT2D eigenvalue weighted by Gasteiger charge is 2.29. The maximum atomic E-state index is 13.6. The average Bonchev–Trinajstić information content (AvgIpc) is 2.31. The molecule has 16 heavy (non-hydrogen) atoms. The van der Waals surface area contributed by atoms with E-state index in [2.05, 4.69) is 6.58 Å². The Morgan fingerprint density at radius 2 is 1.19 bits per heavy atom. The van der Waals surface area contributed by atoms with Crippen molar-refractivity contribution in [3.63, 3.8) is 0 Å². The lowest BCUT2D eigenvalue weighted by Gasteiger charge is -2.03. The lowest BCUT2D eigenvalue weighted by Crippen LogP contribution is -2.02. The quantitative estimate of drug-likeness (QED) is 0.696. The molecule has 0 bridgehead atoms. The van der Waals surface area contributed by atoms with Crippen LogP contribution in [0.4, 0.5) is 4.39 Å². The third-order valence-electron chi connectivity index (χ3n) is 2.18. The zero-order valence-electron chi connectivity index (χ0n) is 8.77. The molecule has 0 aromatic heterocycles. The minimum absolute atomic E-state index is 0.294. The fraction of sp³-hybridized carbons (Fsp3) is 0.